The van der Waals surface area contributed by atoms with Gasteiger partial charge in [-0.25, -0.2) is 0 Å². The molecule has 0 heterocycles. The van der Waals surface area contributed by atoms with Crippen LogP contribution in [0.15, 0.2) is 24.3 Å². The van der Waals surface area contributed by atoms with Crippen LogP contribution in [0.3, 0.4) is 0 Å². The maximum absolute atomic E-state index is 5.85. The number of rotatable bonds is 7. The molecule has 0 atom stereocenters. The van der Waals surface area contributed by atoms with Gasteiger partial charge in [0.15, 0.2) is 0 Å². The third kappa shape index (κ3) is 4.50. The monoisotopic (exact) mass is 276 g/mol. The molecule has 1 saturated carbocycles. The Morgan fingerprint density at radius 3 is 2.45 bits per heavy atom. The van der Waals surface area contributed by atoms with Gasteiger partial charge in [0.2, 0.25) is 0 Å². The lowest BCUT2D eigenvalue weighted by Gasteiger charge is -2.33. The molecule has 1 aliphatic rings. The molecule has 3 nitrogen and oxygen atoms in total. The van der Waals surface area contributed by atoms with Crippen molar-refractivity contribution in [2.45, 2.75) is 51.6 Å². The molecule has 0 saturated heterocycles. The highest BCUT2D eigenvalue weighted by molar-refractivity contribution is 5.27. The zero-order chi connectivity index (χ0) is 14.2. The van der Waals surface area contributed by atoms with Crippen LogP contribution in [0.25, 0.3) is 0 Å². The van der Waals surface area contributed by atoms with Crippen molar-refractivity contribution in [3.8, 4) is 5.75 Å². The first-order valence-electron chi connectivity index (χ1n) is 7.99. The minimum atomic E-state index is 0.589. The van der Waals surface area contributed by atoms with Gasteiger partial charge >= 0.3 is 0 Å². The summed E-state index contributed by atoms with van der Waals surface area (Å²) in [5.41, 5.74) is 6.74. The zero-order valence-corrected chi connectivity index (χ0v) is 12.7. The van der Waals surface area contributed by atoms with Gasteiger partial charge in [0.25, 0.3) is 0 Å². The van der Waals surface area contributed by atoms with Crippen molar-refractivity contribution in [1.29, 1.82) is 0 Å². The van der Waals surface area contributed by atoms with Gasteiger partial charge in [-0.05, 0) is 37.1 Å². The third-order valence-electron chi connectivity index (χ3n) is 4.30. The third-order valence-corrected chi connectivity index (χ3v) is 4.30. The van der Waals surface area contributed by atoms with Gasteiger partial charge in [-0.1, -0.05) is 38.3 Å². The van der Waals surface area contributed by atoms with Crippen molar-refractivity contribution in [2.24, 2.45) is 5.73 Å². The molecule has 0 spiro atoms. The molecule has 0 amide bonds. The van der Waals surface area contributed by atoms with Crippen molar-refractivity contribution in [1.82, 2.24) is 4.90 Å². The second kappa shape index (κ2) is 8.28. The average molecular weight is 276 g/mol. The van der Waals surface area contributed by atoms with Gasteiger partial charge in [-0.3, -0.25) is 4.90 Å². The van der Waals surface area contributed by atoms with E-state index in [9.17, 15) is 0 Å². The topological polar surface area (TPSA) is 38.5 Å². The molecule has 2 rings (SSSR count). The number of nitrogens with zero attached hydrogens (tertiary/aromatic N) is 1. The normalized spacial score (nSPS) is 16.6. The van der Waals surface area contributed by atoms with Crippen LogP contribution < -0.4 is 10.5 Å². The Labute approximate surface area is 123 Å². The molecule has 1 fully saturated rings. The van der Waals surface area contributed by atoms with E-state index < -0.39 is 0 Å². The van der Waals surface area contributed by atoms with Crippen LogP contribution in [0.2, 0.25) is 0 Å². The van der Waals surface area contributed by atoms with E-state index in [1.165, 1.54) is 32.1 Å². The zero-order valence-electron chi connectivity index (χ0n) is 12.7. The van der Waals surface area contributed by atoms with Crippen LogP contribution in [0.1, 0.15) is 44.6 Å². The highest BCUT2D eigenvalue weighted by Crippen LogP contribution is 2.22. The first-order valence-corrected chi connectivity index (χ1v) is 7.99. The van der Waals surface area contributed by atoms with E-state index in [2.05, 4.69) is 11.8 Å². The van der Waals surface area contributed by atoms with Gasteiger partial charge < -0.3 is 10.5 Å². The predicted molar refractivity (Wildman–Crippen MR) is 83.9 cm³/mol. The van der Waals surface area contributed by atoms with E-state index in [4.69, 9.17) is 10.5 Å². The molecule has 1 aromatic carbocycles. The van der Waals surface area contributed by atoms with Crippen molar-refractivity contribution in [3.05, 3.63) is 29.8 Å². The van der Waals surface area contributed by atoms with Crippen LogP contribution in [-0.2, 0) is 6.54 Å². The van der Waals surface area contributed by atoms with Gasteiger partial charge in [0, 0.05) is 19.1 Å². The van der Waals surface area contributed by atoms with E-state index in [-0.39, 0.29) is 0 Å². The molecule has 112 valence electrons. The van der Waals surface area contributed by atoms with Crippen LogP contribution in [0.4, 0.5) is 0 Å². The van der Waals surface area contributed by atoms with Crippen LogP contribution in [0, 0.1) is 0 Å². The first kappa shape index (κ1) is 15.3. The smallest absolute Gasteiger partial charge is 0.119 e. The molecule has 0 aliphatic heterocycles. The lowest BCUT2D eigenvalue weighted by Crippen LogP contribution is -2.39. The molecule has 1 aliphatic carbocycles. The second-order valence-electron chi connectivity index (χ2n) is 5.62. The molecular weight excluding hydrogens is 248 g/mol. The molecule has 0 aromatic heterocycles. The van der Waals surface area contributed by atoms with E-state index in [1.54, 1.807) is 0 Å². The fraction of sp³-hybridized carbons (Fsp3) is 0.647. The van der Waals surface area contributed by atoms with Crippen molar-refractivity contribution < 1.29 is 4.74 Å². The molecule has 0 unspecified atom stereocenters. The van der Waals surface area contributed by atoms with Gasteiger partial charge in [-0.2, -0.15) is 0 Å². The van der Waals surface area contributed by atoms with Gasteiger partial charge in [0.1, 0.15) is 12.4 Å². The standard InChI is InChI=1S/C17H28N2O/c1-2-19(16-6-4-3-5-7-16)12-13-20-17-10-8-15(14-18)9-11-17/h8-11,16H,2-7,12-14,18H2,1H3. The van der Waals surface area contributed by atoms with Gasteiger partial charge in [-0.15, -0.1) is 0 Å². The van der Waals surface area contributed by atoms with E-state index in [0.717, 1.165) is 37.1 Å². The summed E-state index contributed by atoms with van der Waals surface area (Å²) in [6.45, 7) is 5.77. The van der Waals surface area contributed by atoms with Gasteiger partial charge in [0.05, 0.1) is 0 Å². The number of benzene rings is 1. The average Bonchev–Trinajstić information content (AvgIpc) is 2.53. The molecular formula is C17H28N2O. The van der Waals surface area contributed by atoms with E-state index in [0.29, 0.717) is 6.54 Å². The van der Waals surface area contributed by atoms with Crippen LogP contribution >= 0.6 is 0 Å². The van der Waals surface area contributed by atoms with Crippen molar-refractivity contribution in [2.75, 3.05) is 19.7 Å². The molecule has 1 aromatic rings. The first-order chi connectivity index (χ1) is 9.83. The van der Waals surface area contributed by atoms with Crippen LogP contribution in [0.5, 0.6) is 5.75 Å². The number of hydrogen-bond acceptors (Lipinski definition) is 3. The SMILES string of the molecule is CCN(CCOc1ccc(CN)cc1)C1CCCCC1. The second-order valence-corrected chi connectivity index (χ2v) is 5.62. The highest BCUT2D eigenvalue weighted by Gasteiger charge is 2.19. The summed E-state index contributed by atoms with van der Waals surface area (Å²) >= 11 is 0. The highest BCUT2D eigenvalue weighted by atomic mass is 16.5. The number of hydrogen-bond donors (Lipinski definition) is 1. The Morgan fingerprint density at radius 2 is 1.85 bits per heavy atom. The minimum Gasteiger partial charge on any atom is -0.492 e. The summed E-state index contributed by atoms with van der Waals surface area (Å²) in [7, 11) is 0. The maximum atomic E-state index is 5.85. The lowest BCUT2D eigenvalue weighted by molar-refractivity contribution is 0.137. The largest absolute Gasteiger partial charge is 0.492 e. The molecule has 0 bridgehead atoms. The molecule has 20 heavy (non-hydrogen) atoms. The predicted octanol–water partition coefficient (Wildman–Crippen LogP) is 3.18. The molecule has 2 N–H and O–H groups in total. The number of nitrogens with two attached hydrogens (primary N) is 1. The summed E-state index contributed by atoms with van der Waals surface area (Å²) in [4.78, 5) is 2.58. The number of likely N-dealkylation sites (N-methyl/N-ethyl adjacent to an activating group) is 1. The number of ether oxygens (including phenoxy) is 1. The van der Waals surface area contributed by atoms with Crippen molar-refractivity contribution >= 4 is 0 Å². The summed E-state index contributed by atoms with van der Waals surface area (Å²) in [6, 6.07) is 8.87. The summed E-state index contributed by atoms with van der Waals surface area (Å²) in [6.07, 6.45) is 6.92. The summed E-state index contributed by atoms with van der Waals surface area (Å²) in [5, 5.41) is 0. The van der Waals surface area contributed by atoms with E-state index >= 15 is 0 Å². The van der Waals surface area contributed by atoms with E-state index in [1.807, 2.05) is 24.3 Å². The Balaban J connectivity index is 1.74. The Morgan fingerprint density at radius 1 is 1.15 bits per heavy atom. The Bertz CT molecular complexity index is 371. The molecule has 0 radical (unpaired) electrons. The Hall–Kier alpha value is -1.06. The van der Waals surface area contributed by atoms with Crippen molar-refractivity contribution in [3.63, 3.8) is 0 Å². The minimum absolute atomic E-state index is 0.589. The summed E-state index contributed by atoms with van der Waals surface area (Å²) < 4.78 is 5.85. The maximum Gasteiger partial charge on any atom is 0.119 e. The molecule has 3 heteroatoms. The summed E-state index contributed by atoms with van der Waals surface area (Å²) in [5.74, 6) is 0.946. The van der Waals surface area contributed by atoms with Crippen LogP contribution in [-0.4, -0.2) is 30.6 Å². The Kier molecular flexibility index (Phi) is 6.34. The fourth-order valence-electron chi connectivity index (χ4n) is 3.05. The lowest BCUT2D eigenvalue weighted by atomic mass is 9.94. The fourth-order valence-corrected chi connectivity index (χ4v) is 3.05. The quantitative estimate of drug-likeness (QED) is 0.831.